The van der Waals surface area contributed by atoms with Crippen LogP contribution in [0.1, 0.15) is 45.5 Å². The molecule has 4 rings (SSSR count). The Balaban J connectivity index is 1.80. The molecule has 4 aromatic carbocycles. The van der Waals surface area contributed by atoms with E-state index in [4.69, 9.17) is 4.74 Å². The van der Waals surface area contributed by atoms with Gasteiger partial charge in [0.2, 0.25) is 0 Å². The maximum atomic E-state index is 13.4. The summed E-state index contributed by atoms with van der Waals surface area (Å²) in [6.07, 6.45) is -9.16. The van der Waals surface area contributed by atoms with Crippen molar-refractivity contribution in [2.24, 2.45) is 0 Å². The van der Waals surface area contributed by atoms with Gasteiger partial charge in [-0.2, -0.15) is 26.3 Å². The van der Waals surface area contributed by atoms with E-state index in [0.29, 0.717) is 17.7 Å². The minimum atomic E-state index is -4.58. The number of carbonyl (C=O) groups is 1. The van der Waals surface area contributed by atoms with Crippen LogP contribution >= 0.6 is 0 Å². The molecule has 43 heavy (non-hydrogen) atoms. The average Bonchev–Trinajstić information content (AvgIpc) is 2.99. The highest BCUT2D eigenvalue weighted by Crippen LogP contribution is 2.35. The van der Waals surface area contributed by atoms with Gasteiger partial charge < -0.3 is 4.74 Å². The lowest BCUT2D eigenvalue weighted by atomic mass is 9.92. The van der Waals surface area contributed by atoms with Crippen LogP contribution in [0, 0.1) is 0 Å². The lowest BCUT2D eigenvalue weighted by Crippen LogP contribution is -2.49. The molecule has 0 aliphatic carbocycles. The molecule has 0 radical (unpaired) electrons. The molecule has 10 heteroatoms. The molecule has 0 fully saturated rings. The van der Waals surface area contributed by atoms with Gasteiger partial charge in [-0.15, -0.1) is 0 Å². The highest BCUT2D eigenvalue weighted by atomic mass is 19.4. The number of halogens is 6. The van der Waals surface area contributed by atoms with E-state index in [1.807, 2.05) is 72.6 Å². The van der Waals surface area contributed by atoms with E-state index in [9.17, 15) is 31.1 Å². The van der Waals surface area contributed by atoms with E-state index in [-0.39, 0.29) is 0 Å². The van der Waals surface area contributed by atoms with Crippen molar-refractivity contribution in [1.29, 1.82) is 0 Å². The second-order valence-corrected chi connectivity index (χ2v) is 10.1. The van der Waals surface area contributed by atoms with Crippen molar-refractivity contribution >= 4 is 5.97 Å². The Morgan fingerprint density at radius 2 is 1.14 bits per heavy atom. The summed E-state index contributed by atoms with van der Waals surface area (Å²) < 4.78 is 85.2. The Morgan fingerprint density at radius 1 is 0.698 bits per heavy atom. The maximum Gasteiger partial charge on any atom is 0.416 e. The van der Waals surface area contributed by atoms with Gasteiger partial charge in [-0.1, -0.05) is 84.9 Å². The van der Waals surface area contributed by atoms with Crippen LogP contribution in [0.25, 0.3) is 0 Å². The number of methoxy groups -OCH3 is 1. The Bertz CT molecular complexity index is 1400. The normalized spacial score (nSPS) is 13.6. The Kier molecular flexibility index (Phi) is 9.93. The van der Waals surface area contributed by atoms with E-state index in [2.05, 4.69) is 5.32 Å². The fourth-order valence-electron chi connectivity index (χ4n) is 5.03. The van der Waals surface area contributed by atoms with E-state index < -0.39 is 47.6 Å². The first-order valence-electron chi connectivity index (χ1n) is 13.4. The third-order valence-electron chi connectivity index (χ3n) is 7.15. The van der Waals surface area contributed by atoms with Crippen LogP contribution in [0.5, 0.6) is 0 Å². The summed E-state index contributed by atoms with van der Waals surface area (Å²) in [7, 11) is 3.05. The molecule has 0 aromatic heterocycles. The van der Waals surface area contributed by atoms with Gasteiger partial charge >= 0.3 is 18.3 Å². The molecule has 0 bridgehead atoms. The minimum absolute atomic E-state index is 0.319. The molecule has 0 saturated heterocycles. The van der Waals surface area contributed by atoms with E-state index in [0.717, 1.165) is 35.4 Å². The first kappa shape index (κ1) is 31.8. The number of esters is 1. The number of nitrogens with one attached hydrogen (secondary N) is 1. The quantitative estimate of drug-likeness (QED) is 0.149. The fourth-order valence-corrected chi connectivity index (χ4v) is 5.03. The summed E-state index contributed by atoms with van der Waals surface area (Å²) in [5, 5.41) is 3.24. The lowest BCUT2D eigenvalue weighted by molar-refractivity contribution is -0.145. The third kappa shape index (κ3) is 8.03. The zero-order valence-corrected chi connectivity index (χ0v) is 23.4. The number of ether oxygens (including phenoxy) is 1. The number of rotatable bonds is 10. The molecular formula is C33H30F6N2O2. The van der Waals surface area contributed by atoms with Crippen molar-refractivity contribution in [2.45, 2.75) is 37.0 Å². The van der Waals surface area contributed by atoms with Gasteiger partial charge in [0.1, 0.15) is 6.04 Å². The molecule has 1 unspecified atom stereocenters. The minimum Gasteiger partial charge on any atom is -0.468 e. The summed E-state index contributed by atoms with van der Waals surface area (Å²) in [4.78, 5) is 15.4. The SMILES string of the molecule is COC(=O)[C@H](NC(c1ccc(C(F)(F)F)cc1)c1ccc(C(F)(F)F)cc1)C(c1ccccc1)N(C)Cc1ccccc1. The smallest absolute Gasteiger partial charge is 0.416 e. The number of hydrogen-bond donors (Lipinski definition) is 1. The van der Waals surface area contributed by atoms with Crippen molar-refractivity contribution in [3.8, 4) is 0 Å². The summed E-state index contributed by atoms with van der Waals surface area (Å²) in [6.45, 7) is 0.431. The van der Waals surface area contributed by atoms with Crippen LogP contribution in [0.15, 0.2) is 109 Å². The predicted octanol–water partition coefficient (Wildman–Crippen LogP) is 7.82. The number of likely N-dealkylation sites (N-methyl/N-ethyl adjacent to an activating group) is 1. The molecule has 0 spiro atoms. The van der Waals surface area contributed by atoms with Gasteiger partial charge in [-0.3, -0.25) is 15.0 Å². The van der Waals surface area contributed by atoms with Gasteiger partial charge in [0.15, 0.2) is 0 Å². The van der Waals surface area contributed by atoms with Crippen LogP contribution in [-0.4, -0.2) is 31.1 Å². The topological polar surface area (TPSA) is 41.6 Å². The van der Waals surface area contributed by atoms with Crippen molar-refractivity contribution in [3.05, 3.63) is 143 Å². The largest absolute Gasteiger partial charge is 0.468 e. The molecule has 1 N–H and O–H groups in total. The summed E-state index contributed by atoms with van der Waals surface area (Å²) in [5.41, 5.74) is 0.603. The second kappa shape index (κ2) is 13.4. The molecular weight excluding hydrogens is 570 g/mol. The summed E-state index contributed by atoms with van der Waals surface area (Å²) in [6, 6.07) is 24.6. The second-order valence-electron chi connectivity index (χ2n) is 10.1. The molecule has 4 nitrogen and oxygen atoms in total. The zero-order chi connectivity index (χ0) is 31.2. The molecule has 4 aromatic rings. The van der Waals surface area contributed by atoms with Crippen LogP contribution < -0.4 is 5.32 Å². The predicted molar refractivity (Wildman–Crippen MR) is 151 cm³/mol. The molecule has 0 aliphatic rings. The first-order chi connectivity index (χ1) is 20.4. The van der Waals surface area contributed by atoms with E-state index in [1.165, 1.54) is 31.4 Å². The highest BCUT2D eigenvalue weighted by Gasteiger charge is 2.37. The molecule has 0 amide bonds. The van der Waals surface area contributed by atoms with E-state index >= 15 is 0 Å². The van der Waals surface area contributed by atoms with Gasteiger partial charge in [0.05, 0.1) is 30.3 Å². The maximum absolute atomic E-state index is 13.4. The van der Waals surface area contributed by atoms with Gasteiger partial charge in [-0.05, 0) is 53.6 Å². The number of hydrogen-bond acceptors (Lipinski definition) is 4. The number of nitrogens with zero attached hydrogens (tertiary/aromatic N) is 1. The molecule has 2 atom stereocenters. The standard InChI is InChI=1S/C33H30F6N2O2/c1-41(21-22-9-5-3-6-10-22)30(25-11-7-4-8-12-25)29(31(42)43-2)40-28(23-13-17-26(18-14-23)32(34,35)36)24-15-19-27(20-16-24)33(37,38)39/h3-20,28-30,40H,21H2,1-2H3/t29-,30?/m1/s1. The summed E-state index contributed by atoms with van der Waals surface area (Å²) in [5.74, 6) is -0.655. The number of carbonyl (C=O) groups excluding carboxylic acids is 1. The molecule has 0 saturated carbocycles. The highest BCUT2D eigenvalue weighted by molar-refractivity contribution is 5.77. The van der Waals surface area contributed by atoms with Crippen molar-refractivity contribution in [1.82, 2.24) is 10.2 Å². The average molecular weight is 601 g/mol. The number of alkyl halides is 6. The zero-order valence-electron chi connectivity index (χ0n) is 23.4. The summed E-state index contributed by atoms with van der Waals surface area (Å²) >= 11 is 0. The monoisotopic (exact) mass is 600 g/mol. The Morgan fingerprint density at radius 3 is 1.56 bits per heavy atom. The van der Waals surface area contributed by atoms with E-state index in [1.54, 1.807) is 0 Å². The van der Waals surface area contributed by atoms with Gasteiger partial charge in [0, 0.05) is 6.54 Å². The van der Waals surface area contributed by atoms with Gasteiger partial charge in [0.25, 0.3) is 0 Å². The Hall–Kier alpha value is -4.15. The molecule has 0 aliphatic heterocycles. The fraction of sp³-hybridized carbons (Fsp3) is 0.242. The van der Waals surface area contributed by atoms with Crippen molar-refractivity contribution in [3.63, 3.8) is 0 Å². The lowest BCUT2D eigenvalue weighted by Gasteiger charge is -2.36. The van der Waals surface area contributed by atoms with Crippen LogP contribution in [0.4, 0.5) is 26.3 Å². The third-order valence-corrected chi connectivity index (χ3v) is 7.15. The first-order valence-corrected chi connectivity index (χ1v) is 13.4. The van der Waals surface area contributed by atoms with Crippen LogP contribution in [-0.2, 0) is 28.4 Å². The van der Waals surface area contributed by atoms with Crippen LogP contribution in [0.2, 0.25) is 0 Å². The number of benzene rings is 4. The molecule has 0 heterocycles. The molecule has 226 valence electrons. The van der Waals surface area contributed by atoms with Crippen molar-refractivity contribution < 1.29 is 35.9 Å². The Labute approximate surface area is 245 Å². The van der Waals surface area contributed by atoms with Crippen molar-refractivity contribution in [2.75, 3.05) is 14.2 Å². The van der Waals surface area contributed by atoms with Gasteiger partial charge in [-0.25, -0.2) is 0 Å². The van der Waals surface area contributed by atoms with Crippen LogP contribution in [0.3, 0.4) is 0 Å².